The molecule has 2 aromatic heterocycles. The van der Waals surface area contributed by atoms with Gasteiger partial charge in [0.1, 0.15) is 11.7 Å². The summed E-state index contributed by atoms with van der Waals surface area (Å²) in [7, 11) is 0. The molecule has 1 aliphatic carbocycles. The van der Waals surface area contributed by atoms with E-state index in [1.54, 1.807) is 9.42 Å². The maximum absolute atomic E-state index is 13.1. The SMILES string of the molecule is CCc1c(C)nc2cc(C3CCC(C(F)(F)F)CC3)nn2c1C1CN(C(=O)OC(C)(C)C)CCO1. The minimum absolute atomic E-state index is 0.0286. The van der Waals surface area contributed by atoms with Crippen LogP contribution in [0.5, 0.6) is 0 Å². The number of hydrogen-bond donors (Lipinski definition) is 0. The summed E-state index contributed by atoms with van der Waals surface area (Å²) in [4.78, 5) is 19.1. The van der Waals surface area contributed by atoms with Crippen molar-refractivity contribution in [2.45, 2.75) is 90.5 Å². The monoisotopic (exact) mass is 496 g/mol. The fourth-order valence-corrected chi connectivity index (χ4v) is 5.19. The fraction of sp³-hybridized carbons (Fsp3) is 0.720. The lowest BCUT2D eigenvalue weighted by Crippen LogP contribution is -2.45. The van der Waals surface area contributed by atoms with Crippen LogP contribution in [-0.2, 0) is 15.9 Å². The van der Waals surface area contributed by atoms with Crippen LogP contribution in [0.4, 0.5) is 18.0 Å². The molecule has 0 aromatic carbocycles. The lowest BCUT2D eigenvalue weighted by Gasteiger charge is -2.35. The molecular formula is C25H35F3N4O3. The van der Waals surface area contributed by atoms with Crippen LogP contribution in [0.15, 0.2) is 6.07 Å². The molecule has 1 aliphatic heterocycles. The zero-order valence-electron chi connectivity index (χ0n) is 21.1. The van der Waals surface area contributed by atoms with Gasteiger partial charge in [0.15, 0.2) is 5.65 Å². The summed E-state index contributed by atoms with van der Waals surface area (Å²) in [6.07, 6.45) is -3.06. The molecule has 0 N–H and O–H groups in total. The molecule has 1 saturated carbocycles. The van der Waals surface area contributed by atoms with Gasteiger partial charge in [-0.3, -0.25) is 0 Å². The number of alkyl halides is 3. The number of rotatable bonds is 3. The van der Waals surface area contributed by atoms with Crippen molar-refractivity contribution in [2.75, 3.05) is 19.7 Å². The molecule has 1 saturated heterocycles. The smallest absolute Gasteiger partial charge is 0.410 e. The minimum atomic E-state index is -4.13. The second-order valence-corrected chi connectivity index (χ2v) is 10.6. The van der Waals surface area contributed by atoms with E-state index in [-0.39, 0.29) is 24.9 Å². The van der Waals surface area contributed by atoms with Gasteiger partial charge in [0.2, 0.25) is 0 Å². The van der Waals surface area contributed by atoms with Crippen LogP contribution in [0.3, 0.4) is 0 Å². The van der Waals surface area contributed by atoms with Gasteiger partial charge in [0, 0.05) is 24.2 Å². The van der Waals surface area contributed by atoms with Crippen molar-refractivity contribution in [1.29, 1.82) is 0 Å². The molecule has 1 unspecified atom stereocenters. The van der Waals surface area contributed by atoms with E-state index in [1.807, 2.05) is 40.7 Å². The highest BCUT2D eigenvalue weighted by molar-refractivity contribution is 5.68. The van der Waals surface area contributed by atoms with E-state index in [4.69, 9.17) is 19.6 Å². The Bertz CT molecular complexity index is 1070. The summed E-state index contributed by atoms with van der Waals surface area (Å²) in [6.45, 7) is 10.6. The van der Waals surface area contributed by atoms with Gasteiger partial charge in [-0.2, -0.15) is 18.3 Å². The second-order valence-electron chi connectivity index (χ2n) is 10.6. The van der Waals surface area contributed by atoms with Crippen LogP contribution in [0.1, 0.15) is 88.0 Å². The maximum atomic E-state index is 13.1. The molecule has 7 nitrogen and oxygen atoms in total. The molecule has 35 heavy (non-hydrogen) atoms. The lowest BCUT2D eigenvalue weighted by atomic mass is 9.80. The average Bonchev–Trinajstić information content (AvgIpc) is 3.20. The number of nitrogens with zero attached hydrogens (tertiary/aromatic N) is 4. The van der Waals surface area contributed by atoms with Gasteiger partial charge >= 0.3 is 12.3 Å². The van der Waals surface area contributed by atoms with Gasteiger partial charge < -0.3 is 14.4 Å². The molecule has 2 aliphatic rings. The first-order chi connectivity index (χ1) is 16.4. The highest BCUT2D eigenvalue weighted by Crippen LogP contribution is 2.43. The van der Waals surface area contributed by atoms with Crippen molar-refractivity contribution in [3.8, 4) is 0 Å². The Morgan fingerprint density at radius 1 is 1.20 bits per heavy atom. The summed E-state index contributed by atoms with van der Waals surface area (Å²) < 4.78 is 52.8. The molecule has 194 valence electrons. The Labute approximate surface area is 204 Å². The molecule has 0 radical (unpaired) electrons. The third-order valence-corrected chi connectivity index (χ3v) is 6.95. The summed E-state index contributed by atoms with van der Waals surface area (Å²) >= 11 is 0. The van der Waals surface area contributed by atoms with Crippen molar-refractivity contribution < 1.29 is 27.4 Å². The number of aromatic nitrogens is 3. The van der Waals surface area contributed by atoms with Gasteiger partial charge in [-0.25, -0.2) is 14.3 Å². The third kappa shape index (κ3) is 5.57. The highest BCUT2D eigenvalue weighted by atomic mass is 19.4. The van der Waals surface area contributed by atoms with Crippen LogP contribution in [0.25, 0.3) is 5.65 Å². The number of carbonyl (C=O) groups is 1. The van der Waals surface area contributed by atoms with Crippen molar-refractivity contribution in [2.24, 2.45) is 5.92 Å². The first-order valence-electron chi connectivity index (χ1n) is 12.4. The number of carbonyl (C=O) groups excluding carboxylic acids is 1. The van der Waals surface area contributed by atoms with Crippen LogP contribution >= 0.6 is 0 Å². The molecule has 2 aromatic rings. The van der Waals surface area contributed by atoms with Crippen molar-refractivity contribution in [3.05, 3.63) is 28.7 Å². The number of amides is 1. The number of hydrogen-bond acceptors (Lipinski definition) is 5. The molecular weight excluding hydrogens is 461 g/mol. The highest BCUT2D eigenvalue weighted by Gasteiger charge is 2.42. The van der Waals surface area contributed by atoms with Crippen molar-refractivity contribution in [3.63, 3.8) is 0 Å². The van der Waals surface area contributed by atoms with Crippen LogP contribution in [-0.4, -0.2) is 57.1 Å². The molecule has 3 heterocycles. The minimum Gasteiger partial charge on any atom is -0.444 e. The first kappa shape index (κ1) is 25.7. The Balaban J connectivity index is 1.63. The van der Waals surface area contributed by atoms with Crippen LogP contribution in [0.2, 0.25) is 0 Å². The molecule has 10 heteroatoms. The number of halogens is 3. The fourth-order valence-electron chi connectivity index (χ4n) is 5.19. The first-order valence-corrected chi connectivity index (χ1v) is 12.4. The summed E-state index contributed by atoms with van der Waals surface area (Å²) in [5.41, 5.74) is 3.54. The Kier molecular flexibility index (Phi) is 7.05. The molecule has 1 atom stereocenters. The number of ether oxygens (including phenoxy) is 2. The standard InChI is InChI=1S/C25H35F3N4O3/c1-6-18-15(2)29-21-13-19(16-7-9-17(10-8-16)25(26,27)28)30-32(21)22(18)20-14-31(11-12-34-20)23(33)35-24(3,4)5/h13,16-17,20H,6-12,14H2,1-5H3. The Morgan fingerprint density at radius 3 is 2.49 bits per heavy atom. The van der Waals surface area contributed by atoms with E-state index in [1.165, 1.54) is 0 Å². The van der Waals surface area contributed by atoms with E-state index in [0.29, 0.717) is 44.6 Å². The number of morpholine rings is 1. The number of aryl methyl sites for hydroxylation is 1. The number of fused-ring (bicyclic) bond motifs is 1. The zero-order chi connectivity index (χ0) is 25.5. The van der Waals surface area contributed by atoms with Gasteiger partial charge in [-0.1, -0.05) is 6.92 Å². The van der Waals surface area contributed by atoms with E-state index >= 15 is 0 Å². The van der Waals surface area contributed by atoms with Gasteiger partial charge in [0.05, 0.1) is 30.5 Å². The van der Waals surface area contributed by atoms with Gasteiger partial charge in [-0.15, -0.1) is 0 Å². The zero-order valence-corrected chi connectivity index (χ0v) is 21.1. The Morgan fingerprint density at radius 2 is 1.89 bits per heavy atom. The van der Waals surface area contributed by atoms with Crippen LogP contribution < -0.4 is 0 Å². The molecule has 2 fully saturated rings. The predicted octanol–water partition coefficient (Wildman–Crippen LogP) is 5.74. The second kappa shape index (κ2) is 9.59. The summed E-state index contributed by atoms with van der Waals surface area (Å²) in [6, 6.07) is 1.89. The quantitative estimate of drug-likeness (QED) is 0.542. The molecule has 0 spiro atoms. The third-order valence-electron chi connectivity index (χ3n) is 6.95. The Hall–Kier alpha value is -2.36. The summed E-state index contributed by atoms with van der Waals surface area (Å²) in [5.74, 6) is -1.26. The van der Waals surface area contributed by atoms with Crippen LogP contribution in [0, 0.1) is 12.8 Å². The van der Waals surface area contributed by atoms with E-state index in [9.17, 15) is 18.0 Å². The average molecular weight is 497 g/mol. The normalized spacial score (nSPS) is 24.1. The predicted molar refractivity (Wildman–Crippen MR) is 124 cm³/mol. The van der Waals surface area contributed by atoms with Crippen molar-refractivity contribution in [1.82, 2.24) is 19.5 Å². The van der Waals surface area contributed by atoms with E-state index in [2.05, 4.69) is 0 Å². The maximum Gasteiger partial charge on any atom is 0.410 e. The summed E-state index contributed by atoms with van der Waals surface area (Å²) in [5, 5.41) is 4.84. The van der Waals surface area contributed by atoms with Gasteiger partial charge in [-0.05, 0) is 65.4 Å². The van der Waals surface area contributed by atoms with Gasteiger partial charge in [0.25, 0.3) is 0 Å². The molecule has 4 rings (SSSR count). The lowest BCUT2D eigenvalue weighted by molar-refractivity contribution is -0.182. The van der Waals surface area contributed by atoms with E-state index in [0.717, 1.165) is 22.6 Å². The molecule has 0 bridgehead atoms. The topological polar surface area (TPSA) is 69.0 Å². The van der Waals surface area contributed by atoms with Crippen molar-refractivity contribution >= 4 is 11.7 Å². The largest absolute Gasteiger partial charge is 0.444 e. The molecule has 1 amide bonds. The van der Waals surface area contributed by atoms with E-state index < -0.39 is 23.8 Å².